The Labute approximate surface area is 107 Å². The Morgan fingerprint density at radius 2 is 2.28 bits per heavy atom. The van der Waals surface area contributed by atoms with Gasteiger partial charge in [-0.05, 0) is 25.8 Å². The van der Waals surface area contributed by atoms with Crippen LogP contribution in [0.1, 0.15) is 32.6 Å². The van der Waals surface area contributed by atoms with E-state index in [1.54, 1.807) is 0 Å². The van der Waals surface area contributed by atoms with Gasteiger partial charge in [0.25, 0.3) is 0 Å². The first kappa shape index (κ1) is 13.1. The number of carbonyl (C=O) groups is 2. The fourth-order valence-corrected chi connectivity index (χ4v) is 2.66. The van der Waals surface area contributed by atoms with E-state index >= 15 is 0 Å². The molecule has 2 N–H and O–H groups in total. The predicted octanol–water partition coefficient (Wildman–Crippen LogP) is 0.759. The van der Waals surface area contributed by atoms with Gasteiger partial charge in [-0.2, -0.15) is 0 Å². The number of nitrogens with zero attached hydrogens (tertiary/aromatic N) is 1. The van der Waals surface area contributed by atoms with Crippen LogP contribution in [0, 0.1) is 0 Å². The van der Waals surface area contributed by atoms with Gasteiger partial charge < -0.3 is 15.3 Å². The van der Waals surface area contributed by atoms with Crippen LogP contribution in [-0.2, 0) is 9.59 Å². The van der Waals surface area contributed by atoms with E-state index in [0.29, 0.717) is 6.42 Å². The van der Waals surface area contributed by atoms with Crippen LogP contribution in [0.2, 0.25) is 0 Å². The number of carbonyl (C=O) groups excluding carboxylic acids is 1. The maximum absolute atomic E-state index is 12.3. The lowest BCUT2D eigenvalue weighted by Crippen LogP contribution is -2.54. The Hall–Kier alpha value is -1.36. The number of amides is 1. The van der Waals surface area contributed by atoms with Crippen LogP contribution in [0.4, 0.5) is 0 Å². The summed E-state index contributed by atoms with van der Waals surface area (Å²) in [5, 5.41) is 12.3. The summed E-state index contributed by atoms with van der Waals surface area (Å²) in [5.41, 5.74) is 0. The predicted molar refractivity (Wildman–Crippen MR) is 67.1 cm³/mol. The molecule has 3 atom stereocenters. The quantitative estimate of drug-likeness (QED) is 0.560. The van der Waals surface area contributed by atoms with Crippen LogP contribution in [0.5, 0.6) is 0 Å². The summed E-state index contributed by atoms with van der Waals surface area (Å²) in [5.74, 6) is -0.989. The third-order valence-corrected chi connectivity index (χ3v) is 3.65. The molecule has 2 heterocycles. The summed E-state index contributed by atoms with van der Waals surface area (Å²) in [6.45, 7) is 2.88. The van der Waals surface area contributed by atoms with Gasteiger partial charge in [-0.3, -0.25) is 4.79 Å². The Bertz CT molecular complexity index is 367. The van der Waals surface area contributed by atoms with Crippen LogP contribution in [0.25, 0.3) is 0 Å². The van der Waals surface area contributed by atoms with Crippen molar-refractivity contribution in [2.24, 2.45) is 0 Å². The van der Waals surface area contributed by atoms with Gasteiger partial charge in [-0.25, -0.2) is 4.79 Å². The standard InChI is InChI=1S/C13H20N2O3/c1-2-3-8-14-10-6-4-9-5-7-11(13(17)18)15(9)12(10)16/h4,6,9-11,14H,2-3,5,7-8H2,1H3,(H,17,18)/t9?,10-,11+/m1/s1. The van der Waals surface area contributed by atoms with Gasteiger partial charge in [-0.1, -0.05) is 25.5 Å². The smallest absolute Gasteiger partial charge is 0.326 e. The van der Waals surface area contributed by atoms with Crippen molar-refractivity contribution in [1.29, 1.82) is 0 Å². The largest absolute Gasteiger partial charge is 0.480 e. The molecule has 2 aliphatic heterocycles. The minimum Gasteiger partial charge on any atom is -0.480 e. The number of carboxylic acid groups (broad SMARTS) is 1. The Morgan fingerprint density at radius 1 is 1.50 bits per heavy atom. The molecule has 1 amide bonds. The van der Waals surface area contributed by atoms with Crippen LogP contribution in [0.3, 0.4) is 0 Å². The van der Waals surface area contributed by atoms with E-state index in [1.165, 1.54) is 4.90 Å². The summed E-state index contributed by atoms with van der Waals surface area (Å²) in [6, 6.07) is -1.03. The van der Waals surface area contributed by atoms with Gasteiger partial charge >= 0.3 is 5.97 Å². The Morgan fingerprint density at radius 3 is 2.94 bits per heavy atom. The van der Waals surface area contributed by atoms with Crippen LogP contribution >= 0.6 is 0 Å². The molecule has 0 aliphatic carbocycles. The number of hydrogen-bond acceptors (Lipinski definition) is 3. The van der Waals surface area contributed by atoms with Crippen molar-refractivity contribution in [1.82, 2.24) is 10.2 Å². The van der Waals surface area contributed by atoms with Gasteiger partial charge in [0.2, 0.25) is 5.91 Å². The van der Waals surface area contributed by atoms with Crippen LogP contribution in [0.15, 0.2) is 12.2 Å². The summed E-state index contributed by atoms with van der Waals surface area (Å²) in [6.07, 6.45) is 7.24. The zero-order valence-corrected chi connectivity index (χ0v) is 10.6. The number of nitrogens with one attached hydrogen (secondary N) is 1. The van der Waals surface area contributed by atoms with Crippen molar-refractivity contribution in [3.63, 3.8) is 0 Å². The van der Waals surface area contributed by atoms with Gasteiger partial charge in [0.05, 0.1) is 6.04 Å². The van der Waals surface area contributed by atoms with E-state index < -0.39 is 12.0 Å². The fraction of sp³-hybridized carbons (Fsp3) is 0.692. The minimum absolute atomic E-state index is 0.0252. The number of hydrogen-bond donors (Lipinski definition) is 2. The Kier molecular flexibility index (Phi) is 4.01. The molecule has 0 spiro atoms. The number of fused-ring (bicyclic) bond motifs is 1. The summed E-state index contributed by atoms with van der Waals surface area (Å²) in [7, 11) is 0. The average Bonchev–Trinajstić information content (AvgIpc) is 2.77. The van der Waals surface area contributed by atoms with E-state index in [-0.39, 0.29) is 18.0 Å². The molecule has 0 aromatic carbocycles. The van der Waals surface area contributed by atoms with E-state index in [2.05, 4.69) is 12.2 Å². The number of aliphatic carboxylic acids is 1. The van der Waals surface area contributed by atoms with Gasteiger partial charge in [0.15, 0.2) is 0 Å². The monoisotopic (exact) mass is 252 g/mol. The lowest BCUT2D eigenvalue weighted by Gasteiger charge is -2.33. The molecule has 2 aliphatic rings. The molecule has 100 valence electrons. The van der Waals surface area contributed by atoms with Gasteiger partial charge in [0, 0.05) is 0 Å². The number of unbranched alkanes of at least 4 members (excludes halogenated alkanes) is 1. The molecule has 0 bridgehead atoms. The zero-order chi connectivity index (χ0) is 13.1. The maximum Gasteiger partial charge on any atom is 0.326 e. The summed E-state index contributed by atoms with van der Waals surface area (Å²) < 4.78 is 0. The fourth-order valence-electron chi connectivity index (χ4n) is 2.66. The second kappa shape index (κ2) is 5.52. The van der Waals surface area contributed by atoms with Crippen molar-refractivity contribution in [2.45, 2.75) is 50.7 Å². The molecule has 18 heavy (non-hydrogen) atoms. The van der Waals surface area contributed by atoms with E-state index in [1.807, 2.05) is 12.2 Å². The second-order valence-electron chi connectivity index (χ2n) is 4.91. The molecule has 0 radical (unpaired) electrons. The lowest BCUT2D eigenvalue weighted by atomic mass is 10.1. The summed E-state index contributed by atoms with van der Waals surface area (Å²) in [4.78, 5) is 24.9. The second-order valence-corrected chi connectivity index (χ2v) is 4.91. The highest BCUT2D eigenvalue weighted by Crippen LogP contribution is 2.29. The molecule has 0 aromatic rings. The highest BCUT2D eigenvalue weighted by Gasteiger charge is 2.43. The van der Waals surface area contributed by atoms with E-state index in [0.717, 1.165) is 25.8 Å². The van der Waals surface area contributed by atoms with E-state index in [4.69, 9.17) is 5.11 Å². The third kappa shape index (κ3) is 2.41. The molecule has 1 saturated heterocycles. The molecule has 1 unspecified atom stereocenters. The SMILES string of the molecule is CCCCN[C@@H]1C=CC2CC[C@@H](C(=O)O)N2C1=O. The molecule has 1 fully saturated rings. The van der Waals surface area contributed by atoms with E-state index in [9.17, 15) is 9.59 Å². The summed E-state index contributed by atoms with van der Waals surface area (Å²) >= 11 is 0. The Balaban J connectivity index is 2.04. The van der Waals surface area contributed by atoms with Crippen molar-refractivity contribution in [2.75, 3.05) is 6.54 Å². The van der Waals surface area contributed by atoms with Crippen molar-refractivity contribution in [3.8, 4) is 0 Å². The zero-order valence-electron chi connectivity index (χ0n) is 10.6. The van der Waals surface area contributed by atoms with Gasteiger partial charge in [0.1, 0.15) is 12.1 Å². The first-order valence-electron chi connectivity index (χ1n) is 6.62. The van der Waals surface area contributed by atoms with Gasteiger partial charge in [-0.15, -0.1) is 0 Å². The molecule has 0 saturated carbocycles. The van der Waals surface area contributed by atoms with Crippen LogP contribution < -0.4 is 5.32 Å². The maximum atomic E-state index is 12.3. The molecule has 2 rings (SSSR count). The molecule has 5 heteroatoms. The molecule has 5 nitrogen and oxygen atoms in total. The third-order valence-electron chi connectivity index (χ3n) is 3.65. The number of carboxylic acids is 1. The normalized spacial score (nSPS) is 30.6. The van der Waals surface area contributed by atoms with Crippen molar-refractivity contribution < 1.29 is 14.7 Å². The molecular weight excluding hydrogens is 232 g/mol. The topological polar surface area (TPSA) is 69.6 Å². The highest BCUT2D eigenvalue weighted by molar-refractivity contribution is 5.90. The highest BCUT2D eigenvalue weighted by atomic mass is 16.4. The minimum atomic E-state index is -0.895. The van der Waals surface area contributed by atoms with Crippen LogP contribution in [-0.4, -0.2) is 46.6 Å². The average molecular weight is 252 g/mol. The van der Waals surface area contributed by atoms with Crippen molar-refractivity contribution >= 4 is 11.9 Å². The first-order valence-corrected chi connectivity index (χ1v) is 6.62. The van der Waals surface area contributed by atoms with Crippen molar-refractivity contribution in [3.05, 3.63) is 12.2 Å². The molecule has 0 aromatic heterocycles. The lowest BCUT2D eigenvalue weighted by molar-refractivity contribution is -0.149. The first-order chi connectivity index (χ1) is 8.65. The number of rotatable bonds is 5. The molecular formula is C13H20N2O3.